The van der Waals surface area contributed by atoms with Gasteiger partial charge in [-0.1, -0.05) is 45.1 Å². The van der Waals surface area contributed by atoms with Crippen molar-refractivity contribution in [3.63, 3.8) is 0 Å². The molecule has 0 heterocycles. The molecule has 5 nitrogen and oxygen atoms in total. The van der Waals surface area contributed by atoms with Crippen LogP contribution >= 0.6 is 0 Å². The third-order valence-corrected chi connectivity index (χ3v) is 4.16. The maximum absolute atomic E-state index is 5.87. The number of nitrogens with one attached hydrogen (secondary N) is 1. The van der Waals surface area contributed by atoms with Crippen LogP contribution in [0.15, 0.2) is 18.2 Å². The smallest absolute Gasteiger partial charge is 0.127 e. The first-order valence-electron chi connectivity index (χ1n) is 9.89. The Morgan fingerprint density at radius 1 is 0.808 bits per heavy atom. The maximum atomic E-state index is 5.87. The zero-order valence-corrected chi connectivity index (χ0v) is 16.9. The van der Waals surface area contributed by atoms with Crippen LogP contribution in [0.5, 0.6) is 11.5 Å². The molecule has 0 saturated heterocycles. The Hall–Kier alpha value is -1.30. The molecule has 0 aliphatic carbocycles. The van der Waals surface area contributed by atoms with Crippen LogP contribution in [0.2, 0.25) is 0 Å². The van der Waals surface area contributed by atoms with Crippen molar-refractivity contribution in [1.82, 2.24) is 5.32 Å². The molecule has 0 saturated carbocycles. The van der Waals surface area contributed by atoms with Gasteiger partial charge < -0.3 is 24.3 Å². The van der Waals surface area contributed by atoms with Crippen molar-refractivity contribution in [2.75, 3.05) is 47.2 Å². The fourth-order valence-electron chi connectivity index (χ4n) is 2.64. The third kappa shape index (κ3) is 10.6. The Kier molecular flexibility index (Phi) is 13.9. The summed E-state index contributed by atoms with van der Waals surface area (Å²) in [6, 6.07) is 6.01. The van der Waals surface area contributed by atoms with E-state index in [0.717, 1.165) is 30.2 Å². The Morgan fingerprint density at radius 3 is 2.23 bits per heavy atom. The SMILES string of the molecule is CCCCCCCCNCc1ccc(OCCOC)cc1OCCOC. The minimum absolute atomic E-state index is 0.530. The maximum Gasteiger partial charge on any atom is 0.127 e. The topological polar surface area (TPSA) is 49.0 Å². The molecule has 0 aliphatic rings. The molecule has 1 N–H and O–H groups in total. The van der Waals surface area contributed by atoms with E-state index in [0.29, 0.717) is 26.4 Å². The van der Waals surface area contributed by atoms with E-state index in [1.165, 1.54) is 38.5 Å². The first-order chi connectivity index (χ1) is 12.8. The third-order valence-electron chi connectivity index (χ3n) is 4.16. The summed E-state index contributed by atoms with van der Waals surface area (Å²) < 4.78 is 21.7. The number of hydrogen-bond acceptors (Lipinski definition) is 5. The van der Waals surface area contributed by atoms with Crippen molar-refractivity contribution < 1.29 is 18.9 Å². The van der Waals surface area contributed by atoms with Gasteiger partial charge in [-0.15, -0.1) is 0 Å². The zero-order valence-electron chi connectivity index (χ0n) is 16.9. The summed E-state index contributed by atoms with van der Waals surface area (Å²) >= 11 is 0. The van der Waals surface area contributed by atoms with Gasteiger partial charge in [0.2, 0.25) is 0 Å². The largest absolute Gasteiger partial charge is 0.491 e. The average molecular weight is 368 g/mol. The molecule has 150 valence electrons. The van der Waals surface area contributed by atoms with Crippen LogP contribution < -0.4 is 14.8 Å². The van der Waals surface area contributed by atoms with Crippen LogP contribution in [-0.4, -0.2) is 47.2 Å². The lowest BCUT2D eigenvalue weighted by atomic mass is 10.1. The van der Waals surface area contributed by atoms with Gasteiger partial charge >= 0.3 is 0 Å². The van der Waals surface area contributed by atoms with Gasteiger partial charge in [0.05, 0.1) is 13.2 Å². The summed E-state index contributed by atoms with van der Waals surface area (Å²) in [5.41, 5.74) is 1.14. The van der Waals surface area contributed by atoms with Crippen LogP contribution in [0.4, 0.5) is 0 Å². The molecule has 26 heavy (non-hydrogen) atoms. The van der Waals surface area contributed by atoms with Crippen molar-refractivity contribution in [1.29, 1.82) is 0 Å². The van der Waals surface area contributed by atoms with Crippen LogP contribution in [-0.2, 0) is 16.0 Å². The minimum Gasteiger partial charge on any atom is -0.491 e. The molecule has 0 spiro atoms. The van der Waals surface area contributed by atoms with Crippen molar-refractivity contribution in [3.8, 4) is 11.5 Å². The van der Waals surface area contributed by atoms with Crippen LogP contribution in [0.3, 0.4) is 0 Å². The second-order valence-electron chi connectivity index (χ2n) is 6.40. The highest BCUT2D eigenvalue weighted by molar-refractivity contribution is 5.40. The van der Waals surface area contributed by atoms with Gasteiger partial charge in [-0.2, -0.15) is 0 Å². The fourth-order valence-corrected chi connectivity index (χ4v) is 2.64. The van der Waals surface area contributed by atoms with Crippen LogP contribution in [0.1, 0.15) is 51.0 Å². The van der Waals surface area contributed by atoms with Gasteiger partial charge in [-0.3, -0.25) is 0 Å². The van der Waals surface area contributed by atoms with E-state index in [1.54, 1.807) is 14.2 Å². The standard InChI is InChI=1S/C21H37NO4/c1-4-5-6-7-8-9-12-22-18-19-10-11-20(25-15-13-23-2)17-21(19)26-16-14-24-3/h10-11,17,22H,4-9,12-16,18H2,1-3H3. The van der Waals surface area contributed by atoms with E-state index in [9.17, 15) is 0 Å². The van der Waals surface area contributed by atoms with Crippen molar-refractivity contribution >= 4 is 0 Å². The van der Waals surface area contributed by atoms with Gasteiger partial charge in [0, 0.05) is 32.4 Å². The fraction of sp³-hybridized carbons (Fsp3) is 0.714. The summed E-state index contributed by atoms with van der Waals surface area (Å²) in [6.07, 6.45) is 7.88. The monoisotopic (exact) mass is 367 g/mol. The Balaban J connectivity index is 2.42. The summed E-state index contributed by atoms with van der Waals surface area (Å²) in [6.45, 7) is 6.29. The molecule has 0 aliphatic heterocycles. The van der Waals surface area contributed by atoms with E-state index in [-0.39, 0.29) is 0 Å². The van der Waals surface area contributed by atoms with Crippen molar-refractivity contribution in [3.05, 3.63) is 23.8 Å². The molecular formula is C21H37NO4. The molecule has 1 aromatic carbocycles. The number of rotatable bonds is 17. The summed E-state index contributed by atoms with van der Waals surface area (Å²) in [5.74, 6) is 1.65. The predicted molar refractivity (Wildman–Crippen MR) is 106 cm³/mol. The van der Waals surface area contributed by atoms with Gasteiger partial charge in [0.25, 0.3) is 0 Å². The lowest BCUT2D eigenvalue weighted by molar-refractivity contribution is 0.142. The first-order valence-corrected chi connectivity index (χ1v) is 9.89. The van der Waals surface area contributed by atoms with Gasteiger partial charge in [0.1, 0.15) is 24.7 Å². The number of hydrogen-bond donors (Lipinski definition) is 1. The highest BCUT2D eigenvalue weighted by Gasteiger charge is 2.07. The molecular weight excluding hydrogens is 330 g/mol. The highest BCUT2D eigenvalue weighted by atomic mass is 16.5. The van der Waals surface area contributed by atoms with Crippen molar-refractivity contribution in [2.24, 2.45) is 0 Å². The number of methoxy groups -OCH3 is 2. The summed E-state index contributed by atoms with van der Waals surface area (Å²) in [7, 11) is 3.35. The Labute approximate surface area is 159 Å². The molecule has 1 aromatic rings. The normalized spacial score (nSPS) is 10.9. The quantitative estimate of drug-likeness (QED) is 0.419. The van der Waals surface area contributed by atoms with E-state index in [1.807, 2.05) is 12.1 Å². The molecule has 5 heteroatoms. The summed E-state index contributed by atoms with van der Waals surface area (Å²) in [4.78, 5) is 0. The van der Waals surface area contributed by atoms with E-state index in [4.69, 9.17) is 18.9 Å². The van der Waals surface area contributed by atoms with Crippen LogP contribution in [0.25, 0.3) is 0 Å². The lowest BCUT2D eigenvalue weighted by Crippen LogP contribution is -2.16. The summed E-state index contributed by atoms with van der Waals surface area (Å²) in [5, 5.41) is 3.52. The Bertz CT molecular complexity index is 454. The number of unbranched alkanes of at least 4 members (excludes halogenated alkanes) is 5. The Morgan fingerprint density at radius 2 is 1.50 bits per heavy atom. The highest BCUT2D eigenvalue weighted by Crippen LogP contribution is 2.25. The first kappa shape index (κ1) is 22.7. The molecule has 0 atom stereocenters. The van der Waals surface area contributed by atoms with E-state index in [2.05, 4.69) is 18.3 Å². The van der Waals surface area contributed by atoms with Crippen LogP contribution in [0, 0.1) is 0 Å². The minimum atomic E-state index is 0.530. The van der Waals surface area contributed by atoms with E-state index < -0.39 is 0 Å². The second-order valence-corrected chi connectivity index (χ2v) is 6.40. The molecule has 0 radical (unpaired) electrons. The van der Waals surface area contributed by atoms with Gasteiger partial charge in [-0.05, 0) is 19.0 Å². The molecule has 0 fully saturated rings. The zero-order chi connectivity index (χ0) is 18.9. The number of ether oxygens (including phenoxy) is 4. The van der Waals surface area contributed by atoms with Gasteiger partial charge in [-0.25, -0.2) is 0 Å². The molecule has 0 amide bonds. The molecule has 1 rings (SSSR count). The molecule has 0 bridgehead atoms. The lowest BCUT2D eigenvalue weighted by Gasteiger charge is -2.14. The van der Waals surface area contributed by atoms with Crippen molar-refractivity contribution in [2.45, 2.75) is 52.0 Å². The predicted octanol–water partition coefficient (Wildman–Crippen LogP) is 4.19. The van der Waals surface area contributed by atoms with Gasteiger partial charge in [0.15, 0.2) is 0 Å². The molecule has 0 aromatic heterocycles. The average Bonchev–Trinajstić information content (AvgIpc) is 2.65. The van der Waals surface area contributed by atoms with E-state index >= 15 is 0 Å². The molecule has 0 unspecified atom stereocenters. The number of benzene rings is 1. The second kappa shape index (κ2) is 15.9.